The van der Waals surface area contributed by atoms with E-state index in [-0.39, 0.29) is 35.5 Å². The third kappa shape index (κ3) is 5.91. The van der Waals surface area contributed by atoms with Gasteiger partial charge in [-0.05, 0) is 19.8 Å². The van der Waals surface area contributed by atoms with Gasteiger partial charge in [-0.3, -0.25) is 0 Å². The molecular weight excluding hydrogens is 409 g/mol. The van der Waals surface area contributed by atoms with E-state index in [1.54, 1.807) is 0 Å². The van der Waals surface area contributed by atoms with Crippen LogP contribution in [0, 0.1) is 0 Å². The normalized spacial score (nSPS) is 17.1. The molecule has 7 nitrogen and oxygen atoms in total. The maximum Gasteiger partial charge on any atom is 0.232 e. The van der Waals surface area contributed by atoms with Gasteiger partial charge in [0, 0.05) is 25.0 Å². The minimum Gasteiger partial charge on any atom is -0.393 e. The highest BCUT2D eigenvalue weighted by Gasteiger charge is 2.22. The van der Waals surface area contributed by atoms with E-state index in [9.17, 15) is 5.11 Å². The number of aliphatic hydroxyl groups excluding tert-OH is 1. The van der Waals surface area contributed by atoms with Gasteiger partial charge in [-0.25, -0.2) is 4.99 Å². The Morgan fingerprint density at radius 1 is 1.39 bits per heavy atom. The van der Waals surface area contributed by atoms with Crippen molar-refractivity contribution in [3.63, 3.8) is 0 Å². The zero-order valence-corrected chi connectivity index (χ0v) is 16.7. The molecule has 1 saturated heterocycles. The number of hydrogen-bond acceptors (Lipinski definition) is 5. The van der Waals surface area contributed by atoms with Gasteiger partial charge >= 0.3 is 0 Å². The number of aliphatic hydroxyl groups is 1. The molecule has 0 aliphatic carbocycles. The SMILES string of the molecule is CCNC(=NCc1noc(C(C)(C)C)n1)N1CCC(O)CC1.I. The summed E-state index contributed by atoms with van der Waals surface area (Å²) in [6.07, 6.45) is 1.37. The summed E-state index contributed by atoms with van der Waals surface area (Å²) in [5, 5.41) is 16.9. The average molecular weight is 437 g/mol. The van der Waals surface area contributed by atoms with E-state index >= 15 is 0 Å². The van der Waals surface area contributed by atoms with Crippen molar-refractivity contribution in [3.8, 4) is 0 Å². The molecule has 0 saturated carbocycles. The van der Waals surface area contributed by atoms with Crippen molar-refractivity contribution >= 4 is 29.9 Å². The van der Waals surface area contributed by atoms with E-state index in [0.29, 0.717) is 18.3 Å². The van der Waals surface area contributed by atoms with Crippen LogP contribution in [-0.4, -0.2) is 51.8 Å². The molecule has 0 amide bonds. The smallest absolute Gasteiger partial charge is 0.232 e. The molecule has 0 spiro atoms. The molecule has 0 radical (unpaired) electrons. The molecule has 132 valence electrons. The average Bonchev–Trinajstić information content (AvgIpc) is 2.93. The van der Waals surface area contributed by atoms with Gasteiger partial charge in [0.05, 0.1) is 6.10 Å². The largest absolute Gasteiger partial charge is 0.393 e. The summed E-state index contributed by atoms with van der Waals surface area (Å²) in [6, 6.07) is 0. The third-order valence-electron chi connectivity index (χ3n) is 3.58. The van der Waals surface area contributed by atoms with Crippen molar-refractivity contribution in [2.45, 2.75) is 58.6 Å². The van der Waals surface area contributed by atoms with Gasteiger partial charge in [0.2, 0.25) is 5.89 Å². The van der Waals surface area contributed by atoms with Gasteiger partial charge < -0.3 is 19.8 Å². The molecule has 1 fully saturated rings. The van der Waals surface area contributed by atoms with Crippen LogP contribution in [0.4, 0.5) is 0 Å². The summed E-state index contributed by atoms with van der Waals surface area (Å²) in [5.41, 5.74) is -0.150. The van der Waals surface area contributed by atoms with Crippen molar-refractivity contribution < 1.29 is 9.63 Å². The van der Waals surface area contributed by atoms with Crippen LogP contribution >= 0.6 is 24.0 Å². The fraction of sp³-hybridized carbons (Fsp3) is 0.800. The molecule has 1 aromatic rings. The number of likely N-dealkylation sites (tertiary alicyclic amines) is 1. The Morgan fingerprint density at radius 2 is 2.04 bits per heavy atom. The first kappa shape index (κ1) is 20.1. The Bertz CT molecular complexity index is 504. The number of aliphatic imine (C=N–C) groups is 1. The summed E-state index contributed by atoms with van der Waals surface area (Å²) in [5.74, 6) is 2.07. The van der Waals surface area contributed by atoms with Crippen LogP contribution in [-0.2, 0) is 12.0 Å². The Balaban J connectivity index is 0.00000264. The Morgan fingerprint density at radius 3 is 2.57 bits per heavy atom. The summed E-state index contributed by atoms with van der Waals surface area (Å²) < 4.78 is 5.28. The number of nitrogens with one attached hydrogen (secondary N) is 1. The number of aromatic nitrogens is 2. The predicted octanol–water partition coefficient (Wildman–Crippen LogP) is 1.91. The maximum absolute atomic E-state index is 9.61. The van der Waals surface area contributed by atoms with Crippen LogP contribution in [0.25, 0.3) is 0 Å². The first-order valence-electron chi connectivity index (χ1n) is 7.94. The zero-order chi connectivity index (χ0) is 16.2. The fourth-order valence-electron chi connectivity index (χ4n) is 2.27. The molecule has 2 N–H and O–H groups in total. The van der Waals surface area contributed by atoms with Gasteiger partial charge in [-0.1, -0.05) is 25.9 Å². The van der Waals surface area contributed by atoms with E-state index in [1.165, 1.54) is 0 Å². The number of guanidine groups is 1. The minimum atomic E-state index is -0.189. The molecular formula is C15H28IN5O2. The second-order valence-corrected chi connectivity index (χ2v) is 6.65. The van der Waals surface area contributed by atoms with E-state index in [2.05, 4.69) is 25.3 Å². The molecule has 1 aliphatic rings. The second-order valence-electron chi connectivity index (χ2n) is 6.65. The van der Waals surface area contributed by atoms with Gasteiger partial charge in [-0.2, -0.15) is 4.98 Å². The Hall–Kier alpha value is -0.900. The second kappa shape index (κ2) is 8.81. The Labute approximate surface area is 154 Å². The zero-order valence-electron chi connectivity index (χ0n) is 14.4. The summed E-state index contributed by atoms with van der Waals surface area (Å²) >= 11 is 0. The number of halogens is 1. The first-order valence-corrected chi connectivity index (χ1v) is 7.94. The monoisotopic (exact) mass is 437 g/mol. The van der Waals surface area contributed by atoms with Crippen molar-refractivity contribution in [2.24, 2.45) is 4.99 Å². The van der Waals surface area contributed by atoms with Crippen molar-refractivity contribution in [2.75, 3.05) is 19.6 Å². The van der Waals surface area contributed by atoms with Gasteiger partial charge in [0.1, 0.15) is 6.54 Å². The summed E-state index contributed by atoms with van der Waals surface area (Å²) in [6.45, 7) is 11.0. The van der Waals surface area contributed by atoms with Gasteiger partial charge in [0.25, 0.3) is 0 Å². The summed E-state index contributed by atoms with van der Waals surface area (Å²) in [7, 11) is 0. The third-order valence-corrected chi connectivity index (χ3v) is 3.58. The molecule has 2 heterocycles. The molecule has 1 aliphatic heterocycles. The van der Waals surface area contributed by atoms with E-state index < -0.39 is 0 Å². The number of nitrogens with zero attached hydrogens (tertiary/aromatic N) is 4. The molecule has 0 aromatic carbocycles. The van der Waals surface area contributed by atoms with Gasteiger partial charge in [-0.15, -0.1) is 24.0 Å². The molecule has 0 unspecified atom stereocenters. The molecule has 0 bridgehead atoms. The quantitative estimate of drug-likeness (QED) is 0.427. The van der Waals surface area contributed by atoms with Crippen LogP contribution in [0.5, 0.6) is 0 Å². The van der Waals surface area contributed by atoms with Crippen LogP contribution < -0.4 is 5.32 Å². The number of rotatable bonds is 3. The fourth-order valence-corrected chi connectivity index (χ4v) is 2.27. The van der Waals surface area contributed by atoms with Crippen LogP contribution in [0.2, 0.25) is 0 Å². The highest BCUT2D eigenvalue weighted by Crippen LogP contribution is 2.19. The predicted molar refractivity (Wildman–Crippen MR) is 100 cm³/mol. The van der Waals surface area contributed by atoms with Crippen molar-refractivity contribution in [1.29, 1.82) is 0 Å². The molecule has 0 atom stereocenters. The lowest BCUT2D eigenvalue weighted by Crippen LogP contribution is -2.46. The minimum absolute atomic E-state index is 0. The highest BCUT2D eigenvalue weighted by molar-refractivity contribution is 14.0. The van der Waals surface area contributed by atoms with Crippen LogP contribution in [0.3, 0.4) is 0 Å². The lowest BCUT2D eigenvalue weighted by atomic mass is 9.97. The highest BCUT2D eigenvalue weighted by atomic mass is 127. The maximum atomic E-state index is 9.61. The molecule has 23 heavy (non-hydrogen) atoms. The lowest BCUT2D eigenvalue weighted by molar-refractivity contribution is 0.108. The van der Waals surface area contributed by atoms with Gasteiger partial charge in [0.15, 0.2) is 11.8 Å². The Kier molecular flexibility index (Phi) is 7.72. The van der Waals surface area contributed by atoms with Crippen molar-refractivity contribution in [1.82, 2.24) is 20.4 Å². The summed E-state index contributed by atoms with van der Waals surface area (Å²) in [4.78, 5) is 11.2. The first-order chi connectivity index (χ1) is 10.4. The number of hydrogen-bond donors (Lipinski definition) is 2. The molecule has 8 heteroatoms. The number of piperidine rings is 1. The lowest BCUT2D eigenvalue weighted by Gasteiger charge is -2.32. The van der Waals surface area contributed by atoms with E-state index in [1.807, 2.05) is 27.7 Å². The topological polar surface area (TPSA) is 86.8 Å². The molecule has 1 aromatic heterocycles. The van der Waals surface area contributed by atoms with E-state index in [4.69, 9.17) is 4.52 Å². The van der Waals surface area contributed by atoms with E-state index in [0.717, 1.165) is 38.4 Å². The standard InChI is InChI=1S/C15H27N5O2.HI/c1-5-16-14(20-8-6-11(21)7-9-20)17-10-12-18-13(22-19-12)15(2,3)4;/h11,21H,5-10H2,1-4H3,(H,16,17);1H. The van der Waals surface area contributed by atoms with Crippen molar-refractivity contribution in [3.05, 3.63) is 11.7 Å². The van der Waals surface area contributed by atoms with Crippen LogP contribution in [0.1, 0.15) is 52.3 Å². The van der Waals surface area contributed by atoms with Crippen LogP contribution in [0.15, 0.2) is 9.52 Å². The molecule has 2 rings (SSSR count).